The Morgan fingerprint density at radius 2 is 1.90 bits per heavy atom. The zero-order valence-corrected chi connectivity index (χ0v) is 17.4. The minimum absolute atomic E-state index is 0.0810. The summed E-state index contributed by atoms with van der Waals surface area (Å²) >= 11 is 6.31. The van der Waals surface area contributed by atoms with Crippen molar-refractivity contribution in [3.8, 4) is 11.5 Å². The van der Waals surface area contributed by atoms with Gasteiger partial charge in [0, 0.05) is 0 Å². The van der Waals surface area contributed by atoms with Crippen LogP contribution in [0.15, 0.2) is 47.6 Å². The van der Waals surface area contributed by atoms with Crippen molar-refractivity contribution in [1.82, 2.24) is 10.3 Å². The second-order valence-electron chi connectivity index (χ2n) is 6.98. The number of nitrogens with one attached hydrogen (secondary N) is 1. The topological polar surface area (TPSA) is 80.2 Å². The first-order chi connectivity index (χ1) is 13.8. The molecule has 1 aliphatic rings. The summed E-state index contributed by atoms with van der Waals surface area (Å²) in [7, 11) is 1.50. The molecule has 7 nitrogen and oxygen atoms in total. The van der Waals surface area contributed by atoms with Crippen LogP contribution in [0.2, 0.25) is 5.02 Å². The predicted octanol–water partition coefficient (Wildman–Crippen LogP) is 3.94. The number of halogens is 1. The van der Waals surface area contributed by atoms with Gasteiger partial charge in [-0.15, -0.1) is 5.01 Å². The van der Waals surface area contributed by atoms with E-state index in [1.54, 1.807) is 43.3 Å². The number of carbonyl (C=O) groups is 2. The molecule has 29 heavy (non-hydrogen) atoms. The molecule has 1 saturated heterocycles. The van der Waals surface area contributed by atoms with Gasteiger partial charge in [-0.25, -0.2) is 4.79 Å². The maximum absolute atomic E-state index is 12.9. The van der Waals surface area contributed by atoms with E-state index in [1.165, 1.54) is 13.3 Å². The molecule has 3 rings (SSSR count). The number of nitrogens with zero attached hydrogens (tertiary/aromatic N) is 2. The summed E-state index contributed by atoms with van der Waals surface area (Å²) in [6.07, 6.45) is 1.30. The third kappa shape index (κ3) is 4.05. The van der Waals surface area contributed by atoms with Crippen LogP contribution in [0.4, 0.5) is 4.79 Å². The highest BCUT2D eigenvalue weighted by molar-refractivity contribution is 6.32. The summed E-state index contributed by atoms with van der Waals surface area (Å²) in [5, 5.41) is 7.93. The molecule has 1 heterocycles. The van der Waals surface area contributed by atoms with E-state index in [2.05, 4.69) is 10.4 Å². The zero-order chi connectivity index (χ0) is 21.2. The fourth-order valence-electron chi connectivity index (χ4n) is 2.99. The molecule has 1 atom stereocenters. The lowest BCUT2D eigenvalue weighted by atomic mass is 9.92. The quantitative estimate of drug-likeness (QED) is 0.572. The summed E-state index contributed by atoms with van der Waals surface area (Å²) in [4.78, 5) is 25.3. The van der Waals surface area contributed by atoms with Crippen LogP contribution in [0.25, 0.3) is 0 Å². The van der Waals surface area contributed by atoms with E-state index in [0.717, 1.165) is 5.01 Å². The van der Waals surface area contributed by atoms with Crippen molar-refractivity contribution in [3.63, 3.8) is 0 Å². The number of imide groups is 1. The van der Waals surface area contributed by atoms with Crippen molar-refractivity contribution in [2.45, 2.75) is 32.4 Å². The van der Waals surface area contributed by atoms with E-state index in [0.29, 0.717) is 27.6 Å². The summed E-state index contributed by atoms with van der Waals surface area (Å²) in [5.41, 5.74) is 0.0489. The lowest BCUT2D eigenvalue weighted by Crippen LogP contribution is -2.40. The molecule has 0 radical (unpaired) electrons. The van der Waals surface area contributed by atoms with Crippen LogP contribution in [0, 0.1) is 0 Å². The van der Waals surface area contributed by atoms with Gasteiger partial charge in [-0.2, -0.15) is 5.10 Å². The van der Waals surface area contributed by atoms with E-state index >= 15 is 0 Å². The van der Waals surface area contributed by atoms with Crippen molar-refractivity contribution < 1.29 is 19.1 Å². The van der Waals surface area contributed by atoms with Gasteiger partial charge in [0.1, 0.15) is 5.54 Å². The molecule has 0 bridgehead atoms. The van der Waals surface area contributed by atoms with Crippen LogP contribution < -0.4 is 14.8 Å². The van der Waals surface area contributed by atoms with Gasteiger partial charge in [0.05, 0.1) is 24.5 Å². The molecule has 0 saturated carbocycles. The Bertz CT molecular complexity index is 962. The van der Waals surface area contributed by atoms with Crippen molar-refractivity contribution in [1.29, 1.82) is 0 Å². The van der Waals surface area contributed by atoms with Crippen molar-refractivity contribution in [2.75, 3.05) is 7.11 Å². The van der Waals surface area contributed by atoms with Gasteiger partial charge in [-0.3, -0.25) is 4.79 Å². The summed E-state index contributed by atoms with van der Waals surface area (Å²) < 4.78 is 11.0. The van der Waals surface area contributed by atoms with E-state index < -0.39 is 17.5 Å². The van der Waals surface area contributed by atoms with Gasteiger partial charge >= 0.3 is 6.03 Å². The highest BCUT2D eigenvalue weighted by Gasteiger charge is 2.49. The Labute approximate surface area is 174 Å². The molecular weight excluding hydrogens is 394 g/mol. The van der Waals surface area contributed by atoms with Crippen molar-refractivity contribution >= 4 is 29.8 Å². The summed E-state index contributed by atoms with van der Waals surface area (Å²) in [6.45, 7) is 5.41. The largest absolute Gasteiger partial charge is 0.493 e. The third-order valence-electron chi connectivity index (χ3n) is 4.45. The molecule has 1 fully saturated rings. The molecule has 3 amide bonds. The molecule has 0 unspecified atom stereocenters. The average Bonchev–Trinajstić information content (AvgIpc) is 2.91. The van der Waals surface area contributed by atoms with Crippen LogP contribution in [0.5, 0.6) is 11.5 Å². The number of carbonyl (C=O) groups excluding carboxylic acids is 2. The number of rotatable bonds is 6. The highest BCUT2D eigenvalue weighted by Crippen LogP contribution is 2.37. The SMILES string of the molecule is COc1cc(/C=N\N2C(=O)N[C@](C)(c3ccccc3)C2=O)cc(Cl)c1OC(C)C. The average molecular weight is 416 g/mol. The normalized spacial score (nSPS) is 19.2. The van der Waals surface area contributed by atoms with Crippen molar-refractivity contribution in [2.24, 2.45) is 5.10 Å². The fraction of sp³-hybridized carbons (Fsp3) is 0.286. The molecule has 0 spiro atoms. The molecular formula is C21H22ClN3O4. The molecule has 8 heteroatoms. The molecule has 2 aromatic rings. The Morgan fingerprint density at radius 3 is 2.52 bits per heavy atom. The maximum Gasteiger partial charge on any atom is 0.346 e. The maximum atomic E-state index is 12.9. The third-order valence-corrected chi connectivity index (χ3v) is 4.73. The monoisotopic (exact) mass is 415 g/mol. The lowest BCUT2D eigenvalue weighted by molar-refractivity contribution is -0.131. The lowest BCUT2D eigenvalue weighted by Gasteiger charge is -2.21. The van der Waals surface area contributed by atoms with E-state index in [4.69, 9.17) is 21.1 Å². The second-order valence-corrected chi connectivity index (χ2v) is 7.39. The summed E-state index contributed by atoms with van der Waals surface area (Å²) in [5.74, 6) is 0.384. The predicted molar refractivity (Wildman–Crippen MR) is 111 cm³/mol. The molecule has 152 valence electrons. The Kier molecular flexibility index (Phi) is 5.79. The van der Waals surface area contributed by atoms with Gasteiger partial charge in [0.2, 0.25) is 0 Å². The molecule has 0 aliphatic carbocycles. The minimum Gasteiger partial charge on any atom is -0.493 e. The Balaban J connectivity index is 1.87. The Morgan fingerprint density at radius 1 is 1.21 bits per heavy atom. The van der Waals surface area contributed by atoms with Gasteiger partial charge < -0.3 is 14.8 Å². The van der Waals surface area contributed by atoms with Gasteiger partial charge in [0.15, 0.2) is 11.5 Å². The van der Waals surface area contributed by atoms with E-state index in [9.17, 15) is 9.59 Å². The molecule has 2 aromatic carbocycles. The van der Waals surface area contributed by atoms with E-state index in [-0.39, 0.29) is 6.10 Å². The first kappa shape index (κ1) is 20.7. The van der Waals surface area contributed by atoms with E-state index in [1.807, 2.05) is 19.9 Å². The zero-order valence-electron chi connectivity index (χ0n) is 16.6. The number of ether oxygens (including phenoxy) is 2. The minimum atomic E-state index is -1.18. The number of amides is 3. The molecule has 1 aliphatic heterocycles. The number of methoxy groups -OCH3 is 1. The number of benzene rings is 2. The van der Waals surface area contributed by atoms with Gasteiger partial charge in [-0.05, 0) is 44.0 Å². The van der Waals surface area contributed by atoms with Crippen LogP contribution in [-0.4, -0.2) is 36.4 Å². The Hall–Kier alpha value is -3.06. The van der Waals surface area contributed by atoms with Crippen LogP contribution in [-0.2, 0) is 10.3 Å². The molecule has 0 aromatic heterocycles. The highest BCUT2D eigenvalue weighted by atomic mass is 35.5. The van der Waals surface area contributed by atoms with Gasteiger partial charge in [-0.1, -0.05) is 41.9 Å². The molecule has 1 N–H and O–H groups in total. The van der Waals surface area contributed by atoms with Crippen LogP contribution in [0.3, 0.4) is 0 Å². The standard InChI is InChI=1S/C21H22ClN3O4/c1-13(2)29-18-16(22)10-14(11-17(18)28-4)12-23-25-19(26)21(3,24-20(25)27)15-8-6-5-7-9-15/h5-13H,1-4H3,(H,24,27)/b23-12-/t21-/m1/s1. The fourth-order valence-corrected chi connectivity index (χ4v) is 3.25. The van der Waals surface area contributed by atoms with Crippen LogP contribution >= 0.6 is 11.6 Å². The number of hydrogen-bond acceptors (Lipinski definition) is 5. The van der Waals surface area contributed by atoms with Gasteiger partial charge in [0.25, 0.3) is 5.91 Å². The first-order valence-electron chi connectivity index (χ1n) is 9.06. The van der Waals surface area contributed by atoms with Crippen LogP contribution in [0.1, 0.15) is 31.9 Å². The first-order valence-corrected chi connectivity index (χ1v) is 9.44. The number of urea groups is 1. The second kappa shape index (κ2) is 8.13. The smallest absolute Gasteiger partial charge is 0.346 e. The van der Waals surface area contributed by atoms with Crippen molar-refractivity contribution in [3.05, 3.63) is 58.6 Å². The number of hydrogen-bond donors (Lipinski definition) is 1. The number of hydrazone groups is 1. The summed E-state index contributed by atoms with van der Waals surface area (Å²) in [6, 6.07) is 11.7.